The third-order valence-electron chi connectivity index (χ3n) is 5.39. The van der Waals surface area contributed by atoms with E-state index in [1.54, 1.807) is 11.8 Å². The molecule has 0 radical (unpaired) electrons. The van der Waals surface area contributed by atoms with Crippen molar-refractivity contribution in [3.05, 3.63) is 47.3 Å². The molecule has 5 nitrogen and oxygen atoms in total. The van der Waals surface area contributed by atoms with Gasteiger partial charge in [0.1, 0.15) is 0 Å². The van der Waals surface area contributed by atoms with Gasteiger partial charge >= 0.3 is 0 Å². The third kappa shape index (κ3) is 3.96. The summed E-state index contributed by atoms with van der Waals surface area (Å²) in [5.41, 5.74) is 3.57. The summed E-state index contributed by atoms with van der Waals surface area (Å²) in [6.07, 6.45) is 5.38. The number of hydrogen-bond acceptors (Lipinski definition) is 4. The third-order valence-corrected chi connectivity index (χ3v) is 6.11. The topological polar surface area (TPSA) is 50.2 Å². The molecule has 1 amide bonds. The van der Waals surface area contributed by atoms with Gasteiger partial charge in [-0.2, -0.15) is 5.10 Å². The maximum absolute atomic E-state index is 12.0. The average molecular weight is 371 g/mol. The molecule has 1 aliphatic heterocycles. The van der Waals surface area contributed by atoms with Crippen LogP contribution in [0.15, 0.2) is 35.2 Å². The van der Waals surface area contributed by atoms with Gasteiger partial charge in [0.05, 0.1) is 24.5 Å². The number of thioether (sulfide) groups is 1. The minimum absolute atomic E-state index is 0.192. The lowest BCUT2D eigenvalue weighted by atomic mass is 9.85. The first kappa shape index (κ1) is 17.6. The minimum Gasteiger partial charge on any atom is -0.350 e. The van der Waals surface area contributed by atoms with Crippen molar-refractivity contribution in [2.24, 2.45) is 5.92 Å². The molecule has 1 saturated carbocycles. The highest BCUT2D eigenvalue weighted by Gasteiger charge is 2.25. The Morgan fingerprint density at radius 2 is 2.19 bits per heavy atom. The Morgan fingerprint density at radius 1 is 1.31 bits per heavy atom. The molecule has 4 rings (SSSR count). The molecule has 2 aliphatic rings. The summed E-state index contributed by atoms with van der Waals surface area (Å²) in [4.78, 5) is 15.8. The highest BCUT2D eigenvalue weighted by atomic mass is 32.2. The molecule has 1 aromatic heterocycles. The Bertz CT molecular complexity index is 784. The summed E-state index contributed by atoms with van der Waals surface area (Å²) in [5, 5.41) is 7.71. The first-order valence-electron chi connectivity index (χ1n) is 9.40. The molecular formula is C20H26N4OS. The van der Waals surface area contributed by atoms with Gasteiger partial charge in [-0.05, 0) is 42.9 Å². The molecule has 0 saturated heterocycles. The molecule has 2 aromatic rings. The van der Waals surface area contributed by atoms with E-state index < -0.39 is 0 Å². The van der Waals surface area contributed by atoms with Crippen molar-refractivity contribution in [1.29, 1.82) is 0 Å². The van der Waals surface area contributed by atoms with E-state index in [1.165, 1.54) is 22.6 Å². The van der Waals surface area contributed by atoms with E-state index >= 15 is 0 Å². The highest BCUT2D eigenvalue weighted by molar-refractivity contribution is 7.98. The lowest BCUT2D eigenvalue weighted by molar-refractivity contribution is -0.127. The molecule has 1 aromatic carbocycles. The second-order valence-electron chi connectivity index (χ2n) is 7.26. The van der Waals surface area contributed by atoms with E-state index in [-0.39, 0.29) is 11.8 Å². The molecule has 1 aliphatic carbocycles. The van der Waals surface area contributed by atoms with E-state index in [9.17, 15) is 4.79 Å². The van der Waals surface area contributed by atoms with Crippen LogP contribution in [0.2, 0.25) is 0 Å². The normalized spacial score (nSPS) is 17.6. The predicted octanol–water partition coefficient (Wildman–Crippen LogP) is 3.04. The Kier molecular flexibility index (Phi) is 5.31. The molecule has 0 atom stereocenters. The van der Waals surface area contributed by atoms with Gasteiger partial charge in [0, 0.05) is 30.4 Å². The van der Waals surface area contributed by atoms with E-state index in [4.69, 9.17) is 0 Å². The van der Waals surface area contributed by atoms with Crippen LogP contribution >= 0.6 is 11.8 Å². The standard InChI is InChI=1S/C20H26N4OS/c1-26-19-7-2-4-15(10-19)13-23-8-9-24-18(14-23)11-17(22-24)12-21-20(25)16-5-3-6-16/h2,4,7,10-11,16H,3,5-6,8-9,12-14H2,1H3,(H,21,25). The molecule has 0 bridgehead atoms. The van der Waals surface area contributed by atoms with Gasteiger partial charge in [-0.15, -0.1) is 11.8 Å². The van der Waals surface area contributed by atoms with E-state index in [2.05, 4.69) is 56.6 Å². The Morgan fingerprint density at radius 3 is 2.96 bits per heavy atom. The van der Waals surface area contributed by atoms with Crippen molar-refractivity contribution in [3.63, 3.8) is 0 Å². The van der Waals surface area contributed by atoms with Gasteiger partial charge in [-0.3, -0.25) is 14.4 Å². The maximum atomic E-state index is 12.0. The predicted molar refractivity (Wildman–Crippen MR) is 104 cm³/mol. The quantitative estimate of drug-likeness (QED) is 0.794. The van der Waals surface area contributed by atoms with Crippen molar-refractivity contribution < 1.29 is 4.79 Å². The number of carbonyl (C=O) groups is 1. The van der Waals surface area contributed by atoms with E-state index in [0.717, 1.165) is 44.7 Å². The smallest absolute Gasteiger partial charge is 0.223 e. The number of carbonyl (C=O) groups excluding carboxylic acids is 1. The van der Waals surface area contributed by atoms with Crippen LogP contribution < -0.4 is 5.32 Å². The van der Waals surface area contributed by atoms with Crippen LogP contribution in [0.5, 0.6) is 0 Å². The zero-order valence-electron chi connectivity index (χ0n) is 15.3. The first-order chi connectivity index (χ1) is 12.7. The zero-order valence-corrected chi connectivity index (χ0v) is 16.1. The van der Waals surface area contributed by atoms with Crippen LogP contribution in [0.25, 0.3) is 0 Å². The fourth-order valence-electron chi connectivity index (χ4n) is 3.62. The minimum atomic E-state index is 0.192. The van der Waals surface area contributed by atoms with Crippen molar-refractivity contribution in [1.82, 2.24) is 20.0 Å². The van der Waals surface area contributed by atoms with Crippen LogP contribution in [-0.4, -0.2) is 33.4 Å². The Labute approximate surface area is 159 Å². The number of aromatic nitrogens is 2. The lowest BCUT2D eigenvalue weighted by Gasteiger charge is -2.27. The van der Waals surface area contributed by atoms with Crippen LogP contribution in [-0.2, 0) is 31.0 Å². The van der Waals surface area contributed by atoms with Gasteiger partial charge in [0.25, 0.3) is 0 Å². The van der Waals surface area contributed by atoms with Crippen molar-refractivity contribution in [3.8, 4) is 0 Å². The number of benzene rings is 1. The van der Waals surface area contributed by atoms with Gasteiger partial charge in [0.2, 0.25) is 5.91 Å². The van der Waals surface area contributed by atoms with Gasteiger partial charge < -0.3 is 5.32 Å². The molecule has 26 heavy (non-hydrogen) atoms. The summed E-state index contributed by atoms with van der Waals surface area (Å²) >= 11 is 1.79. The number of hydrogen-bond donors (Lipinski definition) is 1. The summed E-state index contributed by atoms with van der Waals surface area (Å²) in [6, 6.07) is 10.9. The maximum Gasteiger partial charge on any atom is 0.223 e. The molecule has 138 valence electrons. The monoisotopic (exact) mass is 370 g/mol. The first-order valence-corrected chi connectivity index (χ1v) is 10.6. The van der Waals surface area contributed by atoms with Crippen LogP contribution in [0.3, 0.4) is 0 Å². The number of nitrogens with zero attached hydrogens (tertiary/aromatic N) is 3. The Hall–Kier alpha value is -1.79. The second kappa shape index (κ2) is 7.84. The molecular weight excluding hydrogens is 344 g/mol. The molecule has 1 N–H and O–H groups in total. The van der Waals surface area contributed by atoms with E-state index in [0.29, 0.717) is 6.54 Å². The van der Waals surface area contributed by atoms with Crippen LogP contribution in [0, 0.1) is 5.92 Å². The summed E-state index contributed by atoms with van der Waals surface area (Å²) in [7, 11) is 0. The highest BCUT2D eigenvalue weighted by Crippen LogP contribution is 2.26. The molecule has 6 heteroatoms. The fourth-order valence-corrected chi connectivity index (χ4v) is 4.11. The van der Waals surface area contributed by atoms with Gasteiger partial charge in [-0.25, -0.2) is 0 Å². The lowest BCUT2D eigenvalue weighted by Crippen LogP contribution is -2.34. The van der Waals surface area contributed by atoms with E-state index in [1.807, 2.05) is 0 Å². The number of fused-ring (bicyclic) bond motifs is 1. The van der Waals surface area contributed by atoms with Crippen LogP contribution in [0.1, 0.15) is 36.2 Å². The summed E-state index contributed by atoms with van der Waals surface area (Å²) in [5.74, 6) is 0.428. The number of amides is 1. The molecule has 0 unspecified atom stereocenters. The summed E-state index contributed by atoms with van der Waals surface area (Å²) in [6.45, 7) is 4.34. The second-order valence-corrected chi connectivity index (χ2v) is 8.14. The van der Waals surface area contributed by atoms with Gasteiger partial charge in [0.15, 0.2) is 0 Å². The zero-order chi connectivity index (χ0) is 17.9. The summed E-state index contributed by atoms with van der Waals surface area (Å²) < 4.78 is 2.10. The molecule has 2 heterocycles. The SMILES string of the molecule is CSc1cccc(CN2CCn3nc(CNC(=O)C4CCC4)cc3C2)c1. The van der Waals surface area contributed by atoms with Crippen molar-refractivity contribution in [2.75, 3.05) is 12.8 Å². The van der Waals surface area contributed by atoms with Gasteiger partial charge in [-0.1, -0.05) is 18.6 Å². The number of nitrogens with one attached hydrogen (secondary N) is 1. The van der Waals surface area contributed by atoms with Crippen LogP contribution in [0.4, 0.5) is 0 Å². The van der Waals surface area contributed by atoms with Crippen molar-refractivity contribution >= 4 is 17.7 Å². The largest absolute Gasteiger partial charge is 0.350 e. The number of rotatable bonds is 6. The average Bonchev–Trinajstić information content (AvgIpc) is 3.01. The molecule has 0 spiro atoms. The Balaban J connectivity index is 1.34. The molecule has 1 fully saturated rings. The fraction of sp³-hybridized carbons (Fsp3) is 0.500. The van der Waals surface area contributed by atoms with Crippen molar-refractivity contribution in [2.45, 2.75) is 50.3 Å².